The van der Waals surface area contributed by atoms with Crippen LogP contribution in [0.25, 0.3) is 10.9 Å². The number of aryl methyl sites for hydroxylation is 1. The number of alkyl halides is 2. The Hall–Kier alpha value is -4.18. The molecule has 2 N–H and O–H groups in total. The summed E-state index contributed by atoms with van der Waals surface area (Å²) in [6, 6.07) is 7.36. The van der Waals surface area contributed by atoms with Gasteiger partial charge in [0.1, 0.15) is 23.5 Å². The van der Waals surface area contributed by atoms with Gasteiger partial charge in [-0.15, -0.1) is 0 Å². The molecule has 156 valence electrons. The Morgan fingerprint density at radius 1 is 1.23 bits per heavy atom. The van der Waals surface area contributed by atoms with Crippen molar-refractivity contribution in [3.63, 3.8) is 0 Å². The van der Waals surface area contributed by atoms with E-state index in [9.17, 15) is 19.2 Å². The maximum atomic E-state index is 15.1. The Morgan fingerprint density at radius 3 is 2.52 bits per heavy atom. The summed E-state index contributed by atoms with van der Waals surface area (Å²) in [6.07, 6.45) is 1.22. The Morgan fingerprint density at radius 2 is 1.94 bits per heavy atom. The second-order valence-electron chi connectivity index (χ2n) is 6.76. The number of rotatable bonds is 4. The van der Waals surface area contributed by atoms with Crippen LogP contribution < -0.4 is 10.9 Å². The fourth-order valence-corrected chi connectivity index (χ4v) is 3.15. The normalized spacial score (nSPS) is 12.1. The van der Waals surface area contributed by atoms with Crippen molar-refractivity contribution in [2.45, 2.75) is 25.8 Å². The van der Waals surface area contributed by atoms with Crippen molar-refractivity contribution in [3.8, 4) is 12.1 Å². The number of aromatic amines is 1. The van der Waals surface area contributed by atoms with Gasteiger partial charge in [-0.05, 0) is 43.7 Å². The number of hydrogen-bond donors (Lipinski definition) is 2. The number of nitriles is 2. The number of carbonyl (C=O) groups is 1. The summed E-state index contributed by atoms with van der Waals surface area (Å²) in [4.78, 5) is 30.9. The minimum atomic E-state index is -4.40. The molecule has 3 rings (SSSR count). The number of halogens is 3. The molecule has 0 radical (unpaired) electrons. The predicted octanol–water partition coefficient (Wildman–Crippen LogP) is 3.08. The van der Waals surface area contributed by atoms with Crippen LogP contribution >= 0.6 is 0 Å². The number of aromatic nitrogens is 2. The van der Waals surface area contributed by atoms with Gasteiger partial charge in [-0.25, -0.2) is 4.39 Å². The summed E-state index contributed by atoms with van der Waals surface area (Å²) in [5.74, 6) is -6.98. The van der Waals surface area contributed by atoms with E-state index in [2.05, 4.69) is 15.3 Å². The summed E-state index contributed by atoms with van der Waals surface area (Å²) in [6.45, 7) is 2.66. The lowest BCUT2D eigenvalue weighted by Gasteiger charge is -2.21. The van der Waals surface area contributed by atoms with Crippen molar-refractivity contribution < 1.29 is 18.0 Å². The van der Waals surface area contributed by atoms with Gasteiger partial charge >= 0.3 is 5.92 Å². The third-order valence-electron chi connectivity index (χ3n) is 4.79. The van der Waals surface area contributed by atoms with E-state index in [4.69, 9.17) is 5.26 Å². The number of hydrogen-bond acceptors (Lipinski definition) is 5. The molecule has 0 aliphatic carbocycles. The van der Waals surface area contributed by atoms with E-state index in [1.165, 1.54) is 38.2 Å². The van der Waals surface area contributed by atoms with E-state index < -0.39 is 40.4 Å². The second kappa shape index (κ2) is 7.92. The molecule has 0 aliphatic heterocycles. The number of amides is 1. The molecule has 1 unspecified atom stereocenters. The van der Waals surface area contributed by atoms with Gasteiger partial charge in [-0.1, -0.05) is 0 Å². The molecular formula is C21H14F3N5O2. The maximum Gasteiger partial charge on any atom is 0.356 e. The van der Waals surface area contributed by atoms with E-state index in [-0.39, 0.29) is 27.7 Å². The van der Waals surface area contributed by atoms with Gasteiger partial charge in [0, 0.05) is 11.6 Å². The van der Waals surface area contributed by atoms with Crippen LogP contribution in [0.3, 0.4) is 0 Å². The molecule has 1 atom stereocenters. The zero-order chi connectivity index (χ0) is 22.9. The van der Waals surface area contributed by atoms with Crippen LogP contribution in [-0.4, -0.2) is 15.9 Å². The molecule has 2 heterocycles. The summed E-state index contributed by atoms with van der Waals surface area (Å²) < 4.78 is 44.1. The average Bonchev–Trinajstić information content (AvgIpc) is 2.75. The first kappa shape index (κ1) is 21.5. The number of fused-ring (bicyclic) bond motifs is 1. The Bertz CT molecular complexity index is 1330. The molecule has 2 aromatic heterocycles. The van der Waals surface area contributed by atoms with Crippen LogP contribution in [-0.2, 0) is 10.7 Å². The van der Waals surface area contributed by atoms with Crippen molar-refractivity contribution in [2.75, 3.05) is 0 Å². The summed E-state index contributed by atoms with van der Waals surface area (Å²) in [5.41, 5.74) is -3.15. The molecule has 10 heteroatoms. The third kappa shape index (κ3) is 3.71. The van der Waals surface area contributed by atoms with Crippen LogP contribution in [0, 0.1) is 35.4 Å². The number of nitrogens with one attached hydrogen (secondary N) is 2. The van der Waals surface area contributed by atoms with E-state index in [1.54, 1.807) is 0 Å². The number of carbonyl (C=O) groups excluding carboxylic acids is 1. The van der Waals surface area contributed by atoms with Gasteiger partial charge < -0.3 is 10.3 Å². The Kier molecular flexibility index (Phi) is 5.50. The number of nitrogens with zero attached hydrogens (tertiary/aromatic N) is 3. The highest BCUT2D eigenvalue weighted by atomic mass is 19.3. The highest BCUT2D eigenvalue weighted by molar-refractivity contribution is 5.92. The van der Waals surface area contributed by atoms with Gasteiger partial charge in [0.15, 0.2) is 0 Å². The molecule has 1 aromatic carbocycles. The van der Waals surface area contributed by atoms with Crippen LogP contribution in [0.1, 0.15) is 40.9 Å². The maximum absolute atomic E-state index is 15.1. The first-order chi connectivity index (χ1) is 14.6. The predicted molar refractivity (Wildman–Crippen MR) is 103 cm³/mol. The lowest BCUT2D eigenvalue weighted by Crippen LogP contribution is -2.43. The average molecular weight is 425 g/mol. The van der Waals surface area contributed by atoms with Crippen LogP contribution in [0.2, 0.25) is 0 Å². The van der Waals surface area contributed by atoms with E-state index in [0.29, 0.717) is 0 Å². The van der Waals surface area contributed by atoms with Gasteiger partial charge in [0.25, 0.3) is 11.5 Å². The fourth-order valence-electron chi connectivity index (χ4n) is 3.15. The monoisotopic (exact) mass is 425 g/mol. The lowest BCUT2D eigenvalue weighted by atomic mass is 9.96. The van der Waals surface area contributed by atoms with E-state index >= 15 is 8.78 Å². The van der Waals surface area contributed by atoms with Crippen LogP contribution in [0.4, 0.5) is 13.2 Å². The van der Waals surface area contributed by atoms with Gasteiger partial charge in [0.05, 0.1) is 28.4 Å². The zero-order valence-corrected chi connectivity index (χ0v) is 16.3. The van der Waals surface area contributed by atoms with E-state index in [1.807, 2.05) is 6.07 Å². The molecule has 31 heavy (non-hydrogen) atoms. The summed E-state index contributed by atoms with van der Waals surface area (Å²) in [5, 5.41) is 20.1. The molecule has 0 fully saturated rings. The minimum Gasteiger partial charge on any atom is -0.342 e. The molecule has 1 amide bonds. The standard InChI is InChI=1S/C21H14F3N5O2/c1-10-14(22)4-6-16-17(10)13(8-26)18(19(30)29-16)21(23,24)20(31)28-11(2)15-5-3-12(7-25)9-27-15/h3-6,9,11H,1-2H3,(H,28,31)(H,29,30). The SMILES string of the molecule is Cc1c(F)ccc2[nH]c(=O)c(C(F)(F)C(=O)NC(C)c3ccc(C#N)cn3)c(C#N)c12. The molecule has 0 saturated carbocycles. The zero-order valence-electron chi connectivity index (χ0n) is 16.3. The number of pyridine rings is 2. The largest absolute Gasteiger partial charge is 0.356 e. The summed E-state index contributed by atoms with van der Waals surface area (Å²) in [7, 11) is 0. The van der Waals surface area contributed by atoms with Gasteiger partial charge in [0.2, 0.25) is 0 Å². The number of H-pyrrole nitrogens is 1. The van der Waals surface area contributed by atoms with Gasteiger partial charge in [-0.3, -0.25) is 14.6 Å². The van der Waals surface area contributed by atoms with Crippen molar-refractivity contribution in [2.24, 2.45) is 0 Å². The van der Waals surface area contributed by atoms with Crippen LogP contribution in [0.5, 0.6) is 0 Å². The smallest absolute Gasteiger partial charge is 0.342 e. The molecule has 7 nitrogen and oxygen atoms in total. The van der Waals surface area contributed by atoms with Gasteiger partial charge in [-0.2, -0.15) is 19.3 Å². The molecule has 0 saturated heterocycles. The highest BCUT2D eigenvalue weighted by Gasteiger charge is 2.46. The quantitative estimate of drug-likeness (QED) is 0.665. The van der Waals surface area contributed by atoms with Crippen molar-refractivity contribution in [3.05, 3.63) is 74.6 Å². The molecular weight excluding hydrogens is 411 g/mol. The third-order valence-corrected chi connectivity index (χ3v) is 4.79. The van der Waals surface area contributed by atoms with Crippen molar-refractivity contribution in [1.82, 2.24) is 15.3 Å². The van der Waals surface area contributed by atoms with Crippen molar-refractivity contribution >= 4 is 16.8 Å². The van der Waals surface area contributed by atoms with E-state index in [0.717, 1.165) is 12.1 Å². The van der Waals surface area contributed by atoms with Crippen LogP contribution in [0.15, 0.2) is 35.3 Å². The molecule has 3 aromatic rings. The first-order valence-corrected chi connectivity index (χ1v) is 8.92. The Balaban J connectivity index is 2.06. The lowest BCUT2D eigenvalue weighted by molar-refractivity contribution is -0.148. The Labute approximate surface area is 173 Å². The molecule has 0 spiro atoms. The molecule has 0 bridgehead atoms. The summed E-state index contributed by atoms with van der Waals surface area (Å²) >= 11 is 0. The molecule has 0 aliphatic rings. The van der Waals surface area contributed by atoms with Crippen molar-refractivity contribution in [1.29, 1.82) is 10.5 Å². The number of benzene rings is 1. The highest BCUT2D eigenvalue weighted by Crippen LogP contribution is 2.33. The minimum absolute atomic E-state index is 0.00411. The fraction of sp³-hybridized carbons (Fsp3) is 0.190. The first-order valence-electron chi connectivity index (χ1n) is 8.92. The second-order valence-corrected chi connectivity index (χ2v) is 6.76. The topological polar surface area (TPSA) is 122 Å².